The van der Waals surface area contributed by atoms with Gasteiger partial charge in [-0.05, 0) is 66.6 Å². The van der Waals surface area contributed by atoms with Gasteiger partial charge in [0.1, 0.15) is 0 Å². The first-order chi connectivity index (χ1) is 9.22. The van der Waals surface area contributed by atoms with E-state index in [0.29, 0.717) is 6.42 Å². The molecule has 4 nitrogen and oxygen atoms in total. The van der Waals surface area contributed by atoms with Crippen LogP contribution in [0.15, 0.2) is 24.3 Å². The van der Waals surface area contributed by atoms with Crippen molar-refractivity contribution in [2.24, 2.45) is 0 Å². The molecule has 106 valence electrons. The van der Waals surface area contributed by atoms with Crippen LogP contribution in [-0.4, -0.2) is 26.0 Å². The Bertz CT molecular complexity index is 367. The quantitative estimate of drug-likeness (QED) is 0.351. The average Bonchev–Trinajstić information content (AvgIpc) is 2.41. The predicted molar refractivity (Wildman–Crippen MR) is 86.8 cm³/mol. The van der Waals surface area contributed by atoms with Gasteiger partial charge >= 0.3 is 0 Å². The third kappa shape index (κ3) is 8.18. The van der Waals surface area contributed by atoms with Crippen molar-refractivity contribution in [3.63, 3.8) is 0 Å². The van der Waals surface area contributed by atoms with Crippen LogP contribution in [0.1, 0.15) is 24.8 Å². The monoisotopic (exact) mass is 375 g/mol. The van der Waals surface area contributed by atoms with E-state index in [1.807, 2.05) is 7.05 Å². The Labute approximate surface area is 128 Å². The Kier molecular flexibility index (Phi) is 8.77. The molecule has 0 saturated heterocycles. The molecule has 3 N–H and O–H groups in total. The molecule has 5 heteroatoms. The average molecular weight is 375 g/mol. The lowest BCUT2D eigenvalue weighted by molar-refractivity contribution is -0.121. The number of hydrogen-bond acceptors (Lipinski definition) is 3. The molecule has 0 radical (unpaired) electrons. The molecule has 1 rings (SSSR count). The third-order valence-corrected chi connectivity index (χ3v) is 3.48. The molecule has 0 heterocycles. The van der Waals surface area contributed by atoms with Gasteiger partial charge in [0, 0.05) is 23.1 Å². The second kappa shape index (κ2) is 10.2. The molecule has 19 heavy (non-hydrogen) atoms. The van der Waals surface area contributed by atoms with Crippen LogP contribution >= 0.6 is 22.6 Å². The molecule has 0 saturated carbocycles. The number of carbonyl (C=O) groups excluding carboxylic acids is 1. The van der Waals surface area contributed by atoms with Crippen molar-refractivity contribution in [1.82, 2.24) is 16.2 Å². The van der Waals surface area contributed by atoms with E-state index in [2.05, 4.69) is 63.0 Å². The summed E-state index contributed by atoms with van der Waals surface area (Å²) in [6, 6.07) is 8.46. The summed E-state index contributed by atoms with van der Waals surface area (Å²) in [5.74, 6) is 0.148. The van der Waals surface area contributed by atoms with Crippen molar-refractivity contribution >= 4 is 28.5 Å². The summed E-state index contributed by atoms with van der Waals surface area (Å²) < 4.78 is 1.24. The fourth-order valence-electron chi connectivity index (χ4n) is 1.72. The molecule has 0 bridgehead atoms. The molecule has 0 fully saturated rings. The fourth-order valence-corrected chi connectivity index (χ4v) is 2.08. The summed E-state index contributed by atoms with van der Waals surface area (Å²) in [5.41, 5.74) is 7.14. The van der Waals surface area contributed by atoms with Gasteiger partial charge in [-0.25, -0.2) is 0 Å². The molecule has 0 aromatic heterocycles. The molecule has 1 aromatic rings. The summed E-state index contributed by atoms with van der Waals surface area (Å²) in [7, 11) is 1.84. The van der Waals surface area contributed by atoms with E-state index in [-0.39, 0.29) is 5.91 Å². The Hall–Kier alpha value is -0.660. The van der Waals surface area contributed by atoms with Gasteiger partial charge < -0.3 is 5.32 Å². The number of hydrazine groups is 1. The van der Waals surface area contributed by atoms with Crippen molar-refractivity contribution in [2.45, 2.75) is 25.7 Å². The maximum atomic E-state index is 11.6. The van der Waals surface area contributed by atoms with Crippen LogP contribution in [0.2, 0.25) is 0 Å². The number of amides is 1. The second-order valence-electron chi connectivity index (χ2n) is 4.36. The van der Waals surface area contributed by atoms with Crippen molar-refractivity contribution in [2.75, 3.05) is 20.1 Å². The number of halogens is 1. The summed E-state index contributed by atoms with van der Waals surface area (Å²) in [6.45, 7) is 1.59. The molecule has 0 aliphatic carbocycles. The van der Waals surface area contributed by atoms with Gasteiger partial charge in [0.25, 0.3) is 0 Å². The summed E-state index contributed by atoms with van der Waals surface area (Å²) in [5, 5.41) is 2.93. The maximum Gasteiger partial charge on any atom is 0.220 e. The summed E-state index contributed by atoms with van der Waals surface area (Å²) in [4.78, 5) is 11.6. The lowest BCUT2D eigenvalue weighted by Gasteiger charge is -2.06. The van der Waals surface area contributed by atoms with Crippen molar-refractivity contribution in [1.29, 1.82) is 0 Å². The molecular weight excluding hydrogens is 353 g/mol. The number of aryl methyl sites for hydroxylation is 1. The van der Waals surface area contributed by atoms with Crippen LogP contribution in [0, 0.1) is 3.57 Å². The molecule has 1 aromatic carbocycles. The maximum absolute atomic E-state index is 11.6. The Balaban J connectivity index is 2.05. The minimum absolute atomic E-state index is 0.148. The minimum atomic E-state index is 0.148. The van der Waals surface area contributed by atoms with Gasteiger partial charge in [-0.2, -0.15) is 0 Å². The first-order valence-corrected chi connectivity index (χ1v) is 7.71. The summed E-state index contributed by atoms with van der Waals surface area (Å²) in [6.07, 6.45) is 3.40. The van der Waals surface area contributed by atoms with E-state index in [1.54, 1.807) is 0 Å². The first kappa shape index (κ1) is 16.4. The Morgan fingerprint density at radius 3 is 2.58 bits per heavy atom. The Morgan fingerprint density at radius 1 is 1.16 bits per heavy atom. The van der Waals surface area contributed by atoms with Crippen molar-refractivity contribution < 1.29 is 4.79 Å². The third-order valence-electron chi connectivity index (χ3n) is 2.76. The highest BCUT2D eigenvalue weighted by Gasteiger charge is 2.01. The first-order valence-electron chi connectivity index (χ1n) is 6.63. The van der Waals surface area contributed by atoms with Crippen LogP contribution in [0.5, 0.6) is 0 Å². The molecule has 1 amide bonds. The number of hydrogen-bond donors (Lipinski definition) is 3. The molecule has 0 atom stereocenters. The summed E-state index contributed by atoms with van der Waals surface area (Å²) >= 11 is 2.30. The van der Waals surface area contributed by atoms with Crippen LogP contribution in [0.3, 0.4) is 0 Å². The van der Waals surface area contributed by atoms with Gasteiger partial charge in [-0.15, -0.1) is 0 Å². The van der Waals surface area contributed by atoms with Crippen LogP contribution in [-0.2, 0) is 11.2 Å². The standard InChI is InChI=1S/C14H22IN3O/c1-16-18-11-3-10-17-14(19)5-2-4-12-6-8-13(15)9-7-12/h6-9,16,18H,2-5,10-11H2,1H3,(H,17,19). The molecule has 0 aliphatic rings. The highest BCUT2D eigenvalue weighted by atomic mass is 127. The van der Waals surface area contributed by atoms with E-state index in [0.717, 1.165) is 32.4 Å². The normalized spacial score (nSPS) is 10.4. The zero-order chi connectivity index (χ0) is 13.9. The van der Waals surface area contributed by atoms with Crippen LogP contribution in [0.4, 0.5) is 0 Å². The van der Waals surface area contributed by atoms with Gasteiger partial charge in [-0.3, -0.25) is 15.6 Å². The van der Waals surface area contributed by atoms with Gasteiger partial charge in [0.2, 0.25) is 5.91 Å². The number of carbonyl (C=O) groups is 1. The lowest BCUT2D eigenvalue weighted by atomic mass is 10.1. The van der Waals surface area contributed by atoms with E-state index in [4.69, 9.17) is 0 Å². The number of benzene rings is 1. The van der Waals surface area contributed by atoms with E-state index < -0.39 is 0 Å². The minimum Gasteiger partial charge on any atom is -0.356 e. The van der Waals surface area contributed by atoms with Gasteiger partial charge in [-0.1, -0.05) is 12.1 Å². The molecular formula is C14H22IN3O. The predicted octanol–water partition coefficient (Wildman–Crippen LogP) is 1.84. The van der Waals surface area contributed by atoms with E-state index in [1.165, 1.54) is 9.13 Å². The molecule has 0 aliphatic heterocycles. The fraction of sp³-hybridized carbons (Fsp3) is 0.500. The van der Waals surface area contributed by atoms with Gasteiger partial charge in [0.15, 0.2) is 0 Å². The SMILES string of the molecule is CNNCCCNC(=O)CCCc1ccc(I)cc1. The van der Waals surface area contributed by atoms with E-state index >= 15 is 0 Å². The van der Waals surface area contributed by atoms with Crippen molar-refractivity contribution in [3.05, 3.63) is 33.4 Å². The van der Waals surface area contributed by atoms with E-state index in [9.17, 15) is 4.79 Å². The topological polar surface area (TPSA) is 53.2 Å². The highest BCUT2D eigenvalue weighted by Crippen LogP contribution is 2.09. The zero-order valence-electron chi connectivity index (χ0n) is 11.3. The van der Waals surface area contributed by atoms with Crippen LogP contribution in [0.25, 0.3) is 0 Å². The van der Waals surface area contributed by atoms with Crippen molar-refractivity contribution in [3.8, 4) is 0 Å². The van der Waals surface area contributed by atoms with Gasteiger partial charge in [0.05, 0.1) is 0 Å². The largest absolute Gasteiger partial charge is 0.356 e. The molecule has 0 spiro atoms. The highest BCUT2D eigenvalue weighted by molar-refractivity contribution is 14.1. The molecule has 0 unspecified atom stereocenters. The second-order valence-corrected chi connectivity index (χ2v) is 5.61. The van der Waals surface area contributed by atoms with Crippen LogP contribution < -0.4 is 16.2 Å². The number of rotatable bonds is 9. The lowest BCUT2D eigenvalue weighted by Crippen LogP contribution is -2.32. The number of nitrogens with one attached hydrogen (secondary N) is 3. The zero-order valence-corrected chi connectivity index (χ0v) is 13.5. The Morgan fingerprint density at radius 2 is 1.89 bits per heavy atom. The smallest absolute Gasteiger partial charge is 0.220 e.